The van der Waals surface area contributed by atoms with Crippen LogP contribution in [0.2, 0.25) is 5.02 Å². The highest BCUT2D eigenvalue weighted by atomic mass is 35.5. The predicted octanol–water partition coefficient (Wildman–Crippen LogP) is 5.29. The topological polar surface area (TPSA) is 93.7 Å². The van der Waals surface area contributed by atoms with Gasteiger partial charge in [-0.25, -0.2) is 9.79 Å². The number of halogens is 1. The number of ether oxygens (including phenoxy) is 2. The number of allylic oxidation sites excluding steroid dienone is 1. The van der Waals surface area contributed by atoms with Crippen LogP contribution in [0.3, 0.4) is 0 Å². The lowest BCUT2D eigenvalue weighted by molar-refractivity contribution is -0.143. The van der Waals surface area contributed by atoms with Crippen LogP contribution in [-0.2, 0) is 16.1 Å². The molecule has 1 aromatic heterocycles. The van der Waals surface area contributed by atoms with E-state index in [2.05, 4.69) is 11.1 Å². The normalized spacial score (nSPS) is 14.8. The highest BCUT2D eigenvalue weighted by Gasteiger charge is 2.34. The Kier molecular flexibility index (Phi) is 8.20. The molecule has 0 bridgehead atoms. The molecule has 0 saturated carbocycles. The Morgan fingerprint density at radius 3 is 2.59 bits per heavy atom. The molecule has 0 aliphatic carbocycles. The second-order valence-corrected chi connectivity index (χ2v) is 11.1. The fourth-order valence-electron chi connectivity index (χ4n) is 4.63. The number of benzene rings is 3. The Labute approximate surface area is 245 Å². The molecule has 4 aromatic rings. The van der Waals surface area contributed by atoms with Crippen LogP contribution in [-0.4, -0.2) is 16.6 Å². The Morgan fingerprint density at radius 2 is 1.83 bits per heavy atom. The molecule has 0 saturated heterocycles. The zero-order valence-corrected chi connectivity index (χ0v) is 24.2. The summed E-state index contributed by atoms with van der Waals surface area (Å²) < 4.78 is 13.6. The van der Waals surface area contributed by atoms with Gasteiger partial charge in [0.2, 0.25) is 0 Å². The van der Waals surface area contributed by atoms with E-state index in [0.717, 1.165) is 5.56 Å². The molecule has 41 heavy (non-hydrogen) atoms. The number of carbonyl (C=O) groups excluding carboxylic acids is 1. The predicted molar refractivity (Wildman–Crippen MR) is 158 cm³/mol. The summed E-state index contributed by atoms with van der Waals surface area (Å²) in [6.07, 6.45) is 1.40. The lowest BCUT2D eigenvalue weighted by atomic mass is 9.96. The van der Waals surface area contributed by atoms with Crippen LogP contribution in [0.1, 0.15) is 49.1 Å². The van der Waals surface area contributed by atoms with E-state index in [1.165, 1.54) is 15.9 Å². The van der Waals surface area contributed by atoms with E-state index < -0.39 is 12.0 Å². The minimum Gasteiger partial charge on any atom is -0.488 e. The zero-order chi connectivity index (χ0) is 29.1. The Hall–Kier alpha value is -4.45. The summed E-state index contributed by atoms with van der Waals surface area (Å²) in [5.41, 5.74) is 3.02. The van der Waals surface area contributed by atoms with E-state index in [4.69, 9.17) is 21.1 Å². The van der Waals surface area contributed by atoms with Crippen LogP contribution in [0, 0.1) is 11.3 Å². The first-order valence-electron chi connectivity index (χ1n) is 13.0. The fraction of sp³-hybridized carbons (Fsp3) is 0.188. The molecule has 5 rings (SSSR count). The highest BCUT2D eigenvalue weighted by molar-refractivity contribution is 7.07. The van der Waals surface area contributed by atoms with Gasteiger partial charge in [-0.2, -0.15) is 5.26 Å². The monoisotopic (exact) mass is 583 g/mol. The number of rotatable bonds is 7. The number of hydrogen-bond acceptors (Lipinski definition) is 7. The van der Waals surface area contributed by atoms with Gasteiger partial charge in [-0.15, -0.1) is 0 Å². The number of fused-ring (bicyclic) bond motifs is 1. The standard InChI is InChI=1S/C32H26ClN3O4S/c1-19(2)40-31(38)28-20(3)35-32-36(29(28)24-13-7-8-14-25(24)33)30(37)27(41-32)16-21-10-6-9-15-26(21)39-18-23-12-5-4-11-22(23)17-34/h4-16,19,29H,18H2,1-3H3. The van der Waals surface area contributed by atoms with Crippen molar-refractivity contribution in [2.45, 2.75) is 39.5 Å². The summed E-state index contributed by atoms with van der Waals surface area (Å²) in [6, 6.07) is 23.1. The van der Waals surface area contributed by atoms with Gasteiger partial charge in [0.05, 0.1) is 33.5 Å². The summed E-state index contributed by atoms with van der Waals surface area (Å²) in [5, 5.41) is 9.84. The van der Waals surface area contributed by atoms with Crippen molar-refractivity contribution in [3.63, 3.8) is 0 Å². The van der Waals surface area contributed by atoms with Crippen LogP contribution in [0.25, 0.3) is 6.08 Å². The Morgan fingerprint density at radius 1 is 1.12 bits per heavy atom. The third-order valence-electron chi connectivity index (χ3n) is 6.51. The molecule has 2 heterocycles. The van der Waals surface area contributed by atoms with E-state index in [-0.39, 0.29) is 23.8 Å². The molecule has 0 fully saturated rings. The highest BCUT2D eigenvalue weighted by Crippen LogP contribution is 2.34. The van der Waals surface area contributed by atoms with E-state index in [0.29, 0.717) is 42.5 Å². The van der Waals surface area contributed by atoms with Gasteiger partial charge in [-0.3, -0.25) is 9.36 Å². The molecule has 1 atom stereocenters. The van der Waals surface area contributed by atoms with Crippen LogP contribution in [0.5, 0.6) is 5.75 Å². The SMILES string of the molecule is CC1=C(C(=O)OC(C)C)C(c2ccccc2Cl)n2c(sc(=Cc3ccccc3OCc3ccccc3C#N)c2=O)=N1. The number of carbonyl (C=O) groups is 1. The van der Waals surface area contributed by atoms with Gasteiger partial charge < -0.3 is 9.47 Å². The molecule has 0 amide bonds. The third kappa shape index (κ3) is 5.73. The molecule has 3 aromatic carbocycles. The third-order valence-corrected chi connectivity index (χ3v) is 7.84. The van der Waals surface area contributed by atoms with Crippen LogP contribution in [0.4, 0.5) is 0 Å². The summed E-state index contributed by atoms with van der Waals surface area (Å²) in [6.45, 7) is 5.47. The summed E-state index contributed by atoms with van der Waals surface area (Å²) >= 11 is 7.82. The number of nitriles is 1. The largest absolute Gasteiger partial charge is 0.488 e. The van der Waals surface area contributed by atoms with Gasteiger partial charge >= 0.3 is 5.97 Å². The first kappa shape index (κ1) is 28.1. The first-order valence-corrected chi connectivity index (χ1v) is 14.2. The van der Waals surface area contributed by atoms with Gasteiger partial charge in [0.15, 0.2) is 4.80 Å². The molecule has 1 unspecified atom stereocenters. The average Bonchev–Trinajstić information content (AvgIpc) is 3.25. The number of esters is 1. The maximum atomic E-state index is 14.0. The van der Waals surface area contributed by atoms with E-state index in [9.17, 15) is 14.9 Å². The molecule has 1 aliphatic heterocycles. The lowest BCUT2D eigenvalue weighted by Crippen LogP contribution is -2.40. The van der Waals surface area contributed by atoms with Crippen molar-refractivity contribution < 1.29 is 14.3 Å². The lowest BCUT2D eigenvalue weighted by Gasteiger charge is -2.26. The minimum absolute atomic E-state index is 0.197. The summed E-state index contributed by atoms with van der Waals surface area (Å²) in [5.74, 6) is 0.0166. The molecule has 1 aliphatic rings. The van der Waals surface area contributed by atoms with Gasteiger partial charge in [-0.05, 0) is 50.6 Å². The number of hydrogen-bond donors (Lipinski definition) is 0. The summed E-state index contributed by atoms with van der Waals surface area (Å²) in [4.78, 5) is 32.3. The van der Waals surface area contributed by atoms with Crippen molar-refractivity contribution in [2.24, 2.45) is 4.99 Å². The number of aromatic nitrogens is 1. The fourth-order valence-corrected chi connectivity index (χ4v) is 5.91. The number of thiazole rings is 1. The molecular weight excluding hydrogens is 558 g/mol. The van der Waals surface area contributed by atoms with Crippen LogP contribution >= 0.6 is 22.9 Å². The van der Waals surface area contributed by atoms with Crippen molar-refractivity contribution in [3.8, 4) is 11.8 Å². The van der Waals surface area contributed by atoms with E-state index >= 15 is 0 Å². The molecule has 206 valence electrons. The molecule has 7 nitrogen and oxygen atoms in total. The van der Waals surface area contributed by atoms with E-state index in [1.807, 2.05) is 42.5 Å². The average molecular weight is 584 g/mol. The van der Waals surface area contributed by atoms with Crippen molar-refractivity contribution >= 4 is 35.0 Å². The maximum absolute atomic E-state index is 14.0. The summed E-state index contributed by atoms with van der Waals surface area (Å²) in [7, 11) is 0. The van der Waals surface area contributed by atoms with Gasteiger partial charge in [-0.1, -0.05) is 77.5 Å². The van der Waals surface area contributed by atoms with Crippen molar-refractivity contribution in [1.82, 2.24) is 4.57 Å². The number of nitrogens with zero attached hydrogens (tertiary/aromatic N) is 3. The Balaban J connectivity index is 1.61. The Bertz CT molecular complexity index is 1900. The first-order chi connectivity index (χ1) is 19.8. The van der Waals surface area contributed by atoms with Crippen molar-refractivity contribution in [2.75, 3.05) is 0 Å². The molecule has 9 heteroatoms. The minimum atomic E-state index is -0.803. The van der Waals surface area contributed by atoms with Gasteiger partial charge in [0.25, 0.3) is 5.56 Å². The van der Waals surface area contributed by atoms with Crippen molar-refractivity contribution in [1.29, 1.82) is 5.26 Å². The second kappa shape index (κ2) is 12.0. The van der Waals surface area contributed by atoms with Crippen molar-refractivity contribution in [3.05, 3.63) is 131 Å². The molecule has 0 spiro atoms. The number of para-hydroxylation sites is 1. The van der Waals surface area contributed by atoms with E-state index in [1.54, 1.807) is 57.2 Å². The zero-order valence-electron chi connectivity index (χ0n) is 22.6. The quantitative estimate of drug-likeness (QED) is 0.276. The van der Waals surface area contributed by atoms with Gasteiger partial charge in [0, 0.05) is 16.1 Å². The smallest absolute Gasteiger partial charge is 0.338 e. The van der Waals surface area contributed by atoms with Crippen LogP contribution in [0.15, 0.2) is 93.9 Å². The maximum Gasteiger partial charge on any atom is 0.338 e. The van der Waals surface area contributed by atoms with Crippen LogP contribution < -0.4 is 19.6 Å². The molecule has 0 radical (unpaired) electrons. The second-order valence-electron chi connectivity index (χ2n) is 9.65. The molecule has 0 N–H and O–H groups in total. The van der Waals surface area contributed by atoms with Gasteiger partial charge in [0.1, 0.15) is 18.4 Å². The molecular formula is C32H26ClN3O4S.